The van der Waals surface area contributed by atoms with E-state index in [2.05, 4.69) is 6.92 Å². The van der Waals surface area contributed by atoms with Gasteiger partial charge in [-0.25, -0.2) is 0 Å². The van der Waals surface area contributed by atoms with Crippen LogP contribution < -0.4 is 11.5 Å². The van der Waals surface area contributed by atoms with Crippen molar-refractivity contribution in [3.05, 3.63) is 0 Å². The first kappa shape index (κ1) is 21.2. The lowest BCUT2D eigenvalue weighted by Gasteiger charge is -2.58. The van der Waals surface area contributed by atoms with Crippen molar-refractivity contribution in [2.45, 2.75) is 95.6 Å². The predicted molar refractivity (Wildman–Crippen MR) is 114 cm³/mol. The fourth-order valence-electron chi connectivity index (χ4n) is 8.91. The Bertz CT molecular complexity index is 434. The summed E-state index contributed by atoms with van der Waals surface area (Å²) in [5.74, 6) is 6.22. The van der Waals surface area contributed by atoms with Crippen LogP contribution in [0.3, 0.4) is 0 Å². The first-order valence-electron chi connectivity index (χ1n) is 11.0. The number of rotatable bonds is 1. The van der Waals surface area contributed by atoms with Crippen LogP contribution >= 0.6 is 24.8 Å². The van der Waals surface area contributed by atoms with Crippen molar-refractivity contribution in [1.29, 1.82) is 0 Å². The molecular formula is C22H40Cl2N2. The van der Waals surface area contributed by atoms with Crippen molar-refractivity contribution in [2.75, 3.05) is 0 Å². The zero-order valence-corrected chi connectivity index (χ0v) is 18.1. The highest BCUT2D eigenvalue weighted by Crippen LogP contribution is 2.61. The largest absolute Gasteiger partial charge is 0.327 e. The zero-order valence-electron chi connectivity index (χ0n) is 16.5. The van der Waals surface area contributed by atoms with Crippen molar-refractivity contribution in [3.8, 4) is 0 Å². The molecular weight excluding hydrogens is 363 g/mol. The molecule has 8 fully saturated rings. The molecule has 8 rings (SSSR count). The van der Waals surface area contributed by atoms with Crippen LogP contribution in [0.4, 0.5) is 0 Å². The normalized spacial score (nSPS) is 53.2. The molecule has 0 saturated heterocycles. The van der Waals surface area contributed by atoms with E-state index in [1.165, 1.54) is 77.0 Å². The molecule has 0 radical (unpaired) electrons. The van der Waals surface area contributed by atoms with E-state index in [0.29, 0.717) is 17.0 Å². The van der Waals surface area contributed by atoms with Crippen LogP contribution in [0, 0.1) is 40.9 Å². The van der Waals surface area contributed by atoms with Gasteiger partial charge >= 0.3 is 0 Å². The van der Waals surface area contributed by atoms with Gasteiger partial charge in [-0.1, -0.05) is 0 Å². The van der Waals surface area contributed by atoms with Gasteiger partial charge in [-0.3, -0.25) is 0 Å². The van der Waals surface area contributed by atoms with Gasteiger partial charge in [-0.05, 0) is 125 Å². The molecule has 8 aliphatic rings. The zero-order chi connectivity index (χ0) is 16.5. The minimum atomic E-state index is 0. The minimum Gasteiger partial charge on any atom is -0.327 e. The van der Waals surface area contributed by atoms with E-state index in [1.54, 1.807) is 0 Å². The molecule has 0 aromatic heterocycles. The molecule has 8 bridgehead atoms. The molecule has 0 aromatic carbocycles. The first-order chi connectivity index (χ1) is 11.4. The Morgan fingerprint density at radius 2 is 0.885 bits per heavy atom. The summed E-state index contributed by atoms with van der Waals surface area (Å²) in [5.41, 5.74) is 13.4. The molecule has 26 heavy (non-hydrogen) atoms. The van der Waals surface area contributed by atoms with Crippen LogP contribution in [0.2, 0.25) is 0 Å². The van der Waals surface area contributed by atoms with Crippen molar-refractivity contribution in [1.82, 2.24) is 0 Å². The van der Waals surface area contributed by atoms with E-state index in [1.807, 2.05) is 0 Å². The topological polar surface area (TPSA) is 52.0 Å². The van der Waals surface area contributed by atoms with Gasteiger partial charge in [0.05, 0.1) is 0 Å². The molecule has 4 N–H and O–H groups in total. The second-order valence-electron chi connectivity index (χ2n) is 11.3. The van der Waals surface area contributed by atoms with Crippen LogP contribution in [0.5, 0.6) is 0 Å². The molecule has 0 amide bonds. The van der Waals surface area contributed by atoms with Crippen LogP contribution in [0.1, 0.15) is 84.0 Å². The summed E-state index contributed by atoms with van der Waals surface area (Å²) >= 11 is 0. The minimum absolute atomic E-state index is 0. The van der Waals surface area contributed by atoms with Gasteiger partial charge in [-0.15, -0.1) is 24.8 Å². The molecule has 8 aliphatic carbocycles. The van der Waals surface area contributed by atoms with Gasteiger partial charge in [0.25, 0.3) is 0 Å². The standard InChI is InChI=1S/C12H21N.C10H17N.2ClH/c1-8(13)12-5-9-2-10(6-12)4-11(3-9)7-12;11-10-4-7-1-8(5-10)3-9(2-7)6-10;;/h8-11H,2-7,13H2,1H3;7-9H,1-6,11H2;2*1H. The quantitative estimate of drug-likeness (QED) is 0.624. The smallest absolute Gasteiger partial charge is 0.0162 e. The molecule has 8 saturated carbocycles. The van der Waals surface area contributed by atoms with Crippen molar-refractivity contribution in [2.24, 2.45) is 52.4 Å². The van der Waals surface area contributed by atoms with E-state index >= 15 is 0 Å². The number of halogens is 2. The second kappa shape index (κ2) is 7.39. The Labute approximate surface area is 172 Å². The maximum absolute atomic E-state index is 6.32. The van der Waals surface area contributed by atoms with Gasteiger partial charge < -0.3 is 11.5 Å². The fraction of sp³-hybridized carbons (Fsp3) is 1.00. The Morgan fingerprint density at radius 1 is 0.615 bits per heavy atom. The Kier molecular flexibility index (Phi) is 6.03. The fourth-order valence-corrected chi connectivity index (χ4v) is 8.91. The lowest BCUT2D eigenvalue weighted by atomic mass is 9.48. The Balaban J connectivity index is 0.000000141. The van der Waals surface area contributed by atoms with E-state index in [9.17, 15) is 0 Å². The summed E-state index contributed by atoms with van der Waals surface area (Å²) in [6.45, 7) is 2.24. The number of hydrogen-bond donors (Lipinski definition) is 2. The number of nitrogens with two attached hydrogens (primary N) is 2. The average molecular weight is 403 g/mol. The Morgan fingerprint density at radius 3 is 1.12 bits per heavy atom. The van der Waals surface area contributed by atoms with Gasteiger partial charge in [0.2, 0.25) is 0 Å². The molecule has 152 valence electrons. The summed E-state index contributed by atoms with van der Waals surface area (Å²) in [7, 11) is 0. The highest BCUT2D eigenvalue weighted by molar-refractivity contribution is 5.85. The van der Waals surface area contributed by atoms with Gasteiger partial charge in [-0.2, -0.15) is 0 Å². The third-order valence-corrected chi connectivity index (χ3v) is 9.14. The molecule has 2 nitrogen and oxygen atoms in total. The van der Waals surface area contributed by atoms with E-state index in [4.69, 9.17) is 11.5 Å². The molecule has 0 aliphatic heterocycles. The van der Waals surface area contributed by atoms with Gasteiger partial charge in [0.1, 0.15) is 0 Å². The summed E-state index contributed by atoms with van der Waals surface area (Å²) in [6, 6.07) is 0.445. The highest BCUT2D eigenvalue weighted by Gasteiger charge is 2.52. The van der Waals surface area contributed by atoms with E-state index in [-0.39, 0.29) is 24.8 Å². The van der Waals surface area contributed by atoms with Crippen molar-refractivity contribution >= 4 is 24.8 Å². The maximum atomic E-state index is 6.32. The molecule has 0 heterocycles. The van der Waals surface area contributed by atoms with Crippen molar-refractivity contribution < 1.29 is 0 Å². The van der Waals surface area contributed by atoms with E-state index < -0.39 is 0 Å². The summed E-state index contributed by atoms with van der Waals surface area (Å²) in [5, 5.41) is 0. The highest BCUT2D eigenvalue weighted by atomic mass is 35.5. The lowest BCUT2D eigenvalue weighted by Crippen LogP contribution is -2.55. The molecule has 1 unspecified atom stereocenters. The summed E-state index contributed by atoms with van der Waals surface area (Å²) in [4.78, 5) is 0. The first-order valence-corrected chi connectivity index (χ1v) is 11.0. The maximum Gasteiger partial charge on any atom is 0.0162 e. The molecule has 0 spiro atoms. The Hall–Kier alpha value is 0.500. The van der Waals surface area contributed by atoms with Gasteiger partial charge in [0, 0.05) is 11.6 Å². The summed E-state index contributed by atoms with van der Waals surface area (Å²) in [6.07, 6.45) is 17.5. The lowest BCUT2D eigenvalue weighted by molar-refractivity contribution is -0.0637. The second-order valence-corrected chi connectivity index (χ2v) is 11.3. The van der Waals surface area contributed by atoms with Crippen LogP contribution in [-0.4, -0.2) is 11.6 Å². The molecule has 1 atom stereocenters. The third-order valence-electron chi connectivity index (χ3n) is 9.14. The van der Waals surface area contributed by atoms with Gasteiger partial charge in [0.15, 0.2) is 0 Å². The third kappa shape index (κ3) is 3.70. The van der Waals surface area contributed by atoms with Crippen molar-refractivity contribution in [3.63, 3.8) is 0 Å². The summed E-state index contributed by atoms with van der Waals surface area (Å²) < 4.78 is 0. The van der Waals surface area contributed by atoms with E-state index in [0.717, 1.165) is 35.5 Å². The predicted octanol–water partition coefficient (Wildman–Crippen LogP) is 5.31. The SMILES string of the molecule is CC(N)C12CC3CC(CC(C3)C1)C2.Cl.Cl.NC12CC3CC(CC(C3)C1)C2. The molecule has 0 aromatic rings. The molecule has 4 heteroatoms. The van der Waals surface area contributed by atoms with Crippen LogP contribution in [0.25, 0.3) is 0 Å². The number of hydrogen-bond acceptors (Lipinski definition) is 2. The average Bonchev–Trinajstić information content (AvgIpc) is 2.43. The van der Waals surface area contributed by atoms with Crippen LogP contribution in [-0.2, 0) is 0 Å². The monoisotopic (exact) mass is 402 g/mol. The van der Waals surface area contributed by atoms with Crippen LogP contribution in [0.15, 0.2) is 0 Å².